The van der Waals surface area contributed by atoms with Gasteiger partial charge in [0.25, 0.3) is 0 Å². The molecule has 1 fully saturated rings. The van der Waals surface area contributed by atoms with Crippen molar-refractivity contribution >= 4 is 23.5 Å². The zero-order chi connectivity index (χ0) is 14.5. The third kappa shape index (κ3) is 3.72. The standard InChI is InChI=1S/C13H18ClN3O3/c14-9-7-16-17(8-9)6-5-15-12(18)10-3-1-2-4-11(10)13(19)20/h7-8,10-11H,1-6H2,(H,15,18)(H,19,20)/t10-,11+/m1/s1. The number of hydrogen-bond acceptors (Lipinski definition) is 3. The first kappa shape index (κ1) is 14.8. The van der Waals surface area contributed by atoms with Gasteiger partial charge in [-0.1, -0.05) is 24.4 Å². The van der Waals surface area contributed by atoms with E-state index in [-0.39, 0.29) is 5.91 Å². The van der Waals surface area contributed by atoms with Crippen LogP contribution in [-0.2, 0) is 16.1 Å². The highest BCUT2D eigenvalue weighted by atomic mass is 35.5. The number of carbonyl (C=O) groups excluding carboxylic acids is 1. The quantitative estimate of drug-likeness (QED) is 0.864. The molecule has 1 heterocycles. The lowest BCUT2D eigenvalue weighted by Gasteiger charge is -2.27. The summed E-state index contributed by atoms with van der Waals surface area (Å²) in [4.78, 5) is 23.2. The van der Waals surface area contributed by atoms with Crippen LogP contribution >= 0.6 is 11.6 Å². The summed E-state index contributed by atoms with van der Waals surface area (Å²) in [6, 6.07) is 0. The van der Waals surface area contributed by atoms with E-state index in [9.17, 15) is 9.59 Å². The third-order valence-electron chi connectivity index (χ3n) is 3.66. The molecule has 0 saturated heterocycles. The molecule has 7 heteroatoms. The predicted octanol–water partition coefficient (Wildman–Crippen LogP) is 1.54. The fourth-order valence-corrected chi connectivity index (χ4v) is 2.78. The molecule has 2 atom stereocenters. The summed E-state index contributed by atoms with van der Waals surface area (Å²) >= 11 is 5.74. The summed E-state index contributed by atoms with van der Waals surface area (Å²) in [5.41, 5.74) is 0. The average Bonchev–Trinajstić information content (AvgIpc) is 2.84. The largest absolute Gasteiger partial charge is 0.481 e. The second-order valence-electron chi connectivity index (χ2n) is 5.05. The summed E-state index contributed by atoms with van der Waals surface area (Å²) in [6.07, 6.45) is 6.24. The van der Waals surface area contributed by atoms with Gasteiger partial charge in [-0.2, -0.15) is 5.10 Å². The molecule has 2 rings (SSSR count). The normalized spacial score (nSPS) is 22.4. The monoisotopic (exact) mass is 299 g/mol. The number of aromatic nitrogens is 2. The molecule has 0 unspecified atom stereocenters. The highest BCUT2D eigenvalue weighted by Crippen LogP contribution is 2.30. The number of carbonyl (C=O) groups is 2. The fraction of sp³-hybridized carbons (Fsp3) is 0.615. The number of rotatable bonds is 5. The average molecular weight is 300 g/mol. The summed E-state index contributed by atoms with van der Waals surface area (Å²) < 4.78 is 1.64. The van der Waals surface area contributed by atoms with Crippen LogP contribution < -0.4 is 5.32 Å². The van der Waals surface area contributed by atoms with Gasteiger partial charge in [0.2, 0.25) is 5.91 Å². The zero-order valence-electron chi connectivity index (χ0n) is 11.1. The first-order valence-electron chi connectivity index (χ1n) is 6.76. The van der Waals surface area contributed by atoms with Gasteiger partial charge in [0.1, 0.15) is 0 Å². The second-order valence-corrected chi connectivity index (χ2v) is 5.48. The summed E-state index contributed by atoms with van der Waals surface area (Å²) in [5, 5.41) is 16.5. The van der Waals surface area contributed by atoms with Crippen molar-refractivity contribution in [3.05, 3.63) is 17.4 Å². The van der Waals surface area contributed by atoms with Gasteiger partial charge in [-0.05, 0) is 12.8 Å². The van der Waals surface area contributed by atoms with Gasteiger partial charge < -0.3 is 10.4 Å². The van der Waals surface area contributed by atoms with Crippen molar-refractivity contribution in [2.24, 2.45) is 11.8 Å². The van der Waals surface area contributed by atoms with Crippen molar-refractivity contribution in [3.8, 4) is 0 Å². The van der Waals surface area contributed by atoms with Crippen LogP contribution in [0.2, 0.25) is 5.02 Å². The molecule has 1 amide bonds. The Morgan fingerprint density at radius 1 is 1.40 bits per heavy atom. The molecule has 0 aromatic carbocycles. The Labute approximate surface area is 122 Å². The second kappa shape index (κ2) is 6.74. The molecule has 1 aliphatic rings. The molecule has 1 aliphatic carbocycles. The SMILES string of the molecule is O=C(O)[C@H]1CCCC[C@H]1C(=O)NCCn1cc(Cl)cn1. The van der Waals surface area contributed by atoms with Crippen molar-refractivity contribution in [2.45, 2.75) is 32.2 Å². The van der Waals surface area contributed by atoms with E-state index in [2.05, 4.69) is 10.4 Å². The molecule has 1 saturated carbocycles. The van der Waals surface area contributed by atoms with Crippen LogP contribution in [0.4, 0.5) is 0 Å². The Morgan fingerprint density at radius 3 is 2.70 bits per heavy atom. The molecular formula is C13H18ClN3O3. The number of aliphatic carboxylic acids is 1. The van der Waals surface area contributed by atoms with Gasteiger partial charge in [-0.25, -0.2) is 0 Å². The molecule has 0 spiro atoms. The summed E-state index contributed by atoms with van der Waals surface area (Å²) in [6.45, 7) is 0.933. The number of halogens is 1. The highest BCUT2D eigenvalue weighted by molar-refractivity contribution is 6.30. The fourth-order valence-electron chi connectivity index (χ4n) is 2.63. The lowest BCUT2D eigenvalue weighted by atomic mass is 9.79. The molecule has 20 heavy (non-hydrogen) atoms. The maximum atomic E-state index is 12.1. The van der Waals surface area contributed by atoms with E-state index in [1.54, 1.807) is 10.9 Å². The van der Waals surface area contributed by atoms with Crippen LogP contribution in [0.15, 0.2) is 12.4 Å². The van der Waals surface area contributed by atoms with Crippen LogP contribution in [0.5, 0.6) is 0 Å². The number of hydrogen-bond donors (Lipinski definition) is 2. The number of carboxylic acids is 1. The topological polar surface area (TPSA) is 84.2 Å². The summed E-state index contributed by atoms with van der Waals surface area (Å²) in [5.74, 6) is -2.01. The van der Waals surface area contributed by atoms with Crippen LogP contribution in [0.25, 0.3) is 0 Å². The minimum absolute atomic E-state index is 0.171. The Hall–Kier alpha value is -1.56. The maximum Gasteiger partial charge on any atom is 0.307 e. The van der Waals surface area contributed by atoms with E-state index in [1.807, 2.05) is 0 Å². The molecule has 0 aliphatic heterocycles. The number of nitrogens with one attached hydrogen (secondary N) is 1. The first-order valence-corrected chi connectivity index (χ1v) is 7.14. The molecule has 0 bridgehead atoms. The van der Waals surface area contributed by atoms with E-state index in [0.29, 0.717) is 31.0 Å². The van der Waals surface area contributed by atoms with E-state index in [1.165, 1.54) is 6.20 Å². The molecule has 1 aromatic heterocycles. The Bertz CT molecular complexity index is 489. The molecule has 6 nitrogen and oxygen atoms in total. The van der Waals surface area contributed by atoms with E-state index >= 15 is 0 Å². The summed E-state index contributed by atoms with van der Waals surface area (Å²) in [7, 11) is 0. The van der Waals surface area contributed by atoms with Gasteiger partial charge >= 0.3 is 5.97 Å². The molecular weight excluding hydrogens is 282 g/mol. The number of carboxylic acid groups (broad SMARTS) is 1. The van der Waals surface area contributed by atoms with Crippen molar-refractivity contribution < 1.29 is 14.7 Å². The Balaban J connectivity index is 1.82. The highest BCUT2D eigenvalue weighted by Gasteiger charge is 2.35. The molecule has 2 N–H and O–H groups in total. The Kier molecular flexibility index (Phi) is 5.00. The number of nitrogens with zero attached hydrogens (tertiary/aromatic N) is 2. The van der Waals surface area contributed by atoms with Gasteiger partial charge in [0, 0.05) is 12.7 Å². The lowest BCUT2D eigenvalue weighted by Crippen LogP contribution is -2.40. The van der Waals surface area contributed by atoms with E-state index in [0.717, 1.165) is 12.8 Å². The maximum absolute atomic E-state index is 12.1. The van der Waals surface area contributed by atoms with E-state index < -0.39 is 17.8 Å². The smallest absolute Gasteiger partial charge is 0.307 e. The minimum atomic E-state index is -0.872. The van der Waals surface area contributed by atoms with Gasteiger partial charge in [-0.3, -0.25) is 14.3 Å². The van der Waals surface area contributed by atoms with Crippen LogP contribution in [0.1, 0.15) is 25.7 Å². The van der Waals surface area contributed by atoms with Gasteiger partial charge in [0.05, 0.1) is 29.6 Å². The van der Waals surface area contributed by atoms with Crippen LogP contribution in [-0.4, -0.2) is 33.3 Å². The van der Waals surface area contributed by atoms with Crippen molar-refractivity contribution in [3.63, 3.8) is 0 Å². The van der Waals surface area contributed by atoms with Crippen molar-refractivity contribution in [2.75, 3.05) is 6.54 Å². The van der Waals surface area contributed by atoms with E-state index in [4.69, 9.17) is 16.7 Å². The van der Waals surface area contributed by atoms with Crippen molar-refractivity contribution in [1.29, 1.82) is 0 Å². The zero-order valence-corrected chi connectivity index (χ0v) is 11.8. The minimum Gasteiger partial charge on any atom is -0.481 e. The van der Waals surface area contributed by atoms with Crippen LogP contribution in [0, 0.1) is 11.8 Å². The van der Waals surface area contributed by atoms with Gasteiger partial charge in [-0.15, -0.1) is 0 Å². The lowest BCUT2D eigenvalue weighted by molar-refractivity contribution is -0.148. The number of amides is 1. The Morgan fingerprint density at radius 2 is 2.10 bits per heavy atom. The predicted molar refractivity (Wildman–Crippen MR) is 73.3 cm³/mol. The van der Waals surface area contributed by atoms with Crippen LogP contribution in [0.3, 0.4) is 0 Å². The van der Waals surface area contributed by atoms with Crippen molar-refractivity contribution in [1.82, 2.24) is 15.1 Å². The molecule has 1 aromatic rings. The molecule has 0 radical (unpaired) electrons. The first-order chi connectivity index (χ1) is 9.58. The molecule has 110 valence electrons. The third-order valence-corrected chi connectivity index (χ3v) is 3.86. The van der Waals surface area contributed by atoms with Gasteiger partial charge in [0.15, 0.2) is 0 Å².